The molecule has 2 aromatic carbocycles. The summed E-state index contributed by atoms with van der Waals surface area (Å²) < 4.78 is 0. The number of anilines is 1. The van der Waals surface area contributed by atoms with E-state index in [0.717, 1.165) is 18.8 Å². The maximum Gasteiger partial charge on any atom is 0.279 e. The molecule has 0 aromatic heterocycles. The van der Waals surface area contributed by atoms with Crippen LogP contribution in [0.4, 0.5) is 5.69 Å². The van der Waals surface area contributed by atoms with Crippen molar-refractivity contribution in [2.24, 2.45) is 0 Å². The monoisotopic (exact) mass is 311 g/mol. The lowest BCUT2D eigenvalue weighted by molar-refractivity contribution is -0.903. The van der Waals surface area contributed by atoms with Gasteiger partial charge in [-0.25, -0.2) is 0 Å². The van der Waals surface area contributed by atoms with Crippen molar-refractivity contribution >= 4 is 11.6 Å². The smallest absolute Gasteiger partial charge is 0.279 e. The topological polar surface area (TPSA) is 33.5 Å². The van der Waals surface area contributed by atoms with Crippen molar-refractivity contribution in [3.05, 3.63) is 65.7 Å². The van der Waals surface area contributed by atoms with Crippen LogP contribution in [0.2, 0.25) is 0 Å². The van der Waals surface area contributed by atoms with Crippen LogP contribution in [0.3, 0.4) is 0 Å². The molecule has 1 amide bonds. The minimum atomic E-state index is 0.0649. The van der Waals surface area contributed by atoms with Gasteiger partial charge in [0.2, 0.25) is 0 Å². The Kier molecular flexibility index (Phi) is 6.36. The van der Waals surface area contributed by atoms with Gasteiger partial charge in [-0.2, -0.15) is 0 Å². The first-order valence-electron chi connectivity index (χ1n) is 8.35. The van der Waals surface area contributed by atoms with E-state index >= 15 is 0 Å². The number of hydrogen-bond acceptors (Lipinski definition) is 1. The van der Waals surface area contributed by atoms with Crippen LogP contribution in [0, 0.1) is 0 Å². The summed E-state index contributed by atoms with van der Waals surface area (Å²) in [6, 6.07) is 18.4. The number of hydrogen-bond donors (Lipinski definition) is 2. The first kappa shape index (κ1) is 17.2. The minimum Gasteiger partial charge on any atom is -0.324 e. The Morgan fingerprint density at radius 3 is 2.26 bits per heavy atom. The van der Waals surface area contributed by atoms with Crippen molar-refractivity contribution in [3.63, 3.8) is 0 Å². The molecule has 0 heterocycles. The Hall–Kier alpha value is -2.13. The zero-order valence-corrected chi connectivity index (χ0v) is 14.3. The molecule has 1 atom stereocenters. The van der Waals surface area contributed by atoms with Gasteiger partial charge in [0.15, 0.2) is 6.54 Å². The number of amides is 1. The first-order valence-corrected chi connectivity index (χ1v) is 8.35. The summed E-state index contributed by atoms with van der Waals surface area (Å²) in [4.78, 5) is 13.5. The zero-order valence-electron chi connectivity index (χ0n) is 14.3. The molecule has 0 saturated heterocycles. The summed E-state index contributed by atoms with van der Waals surface area (Å²) in [6.07, 6.45) is 0. The highest BCUT2D eigenvalue weighted by molar-refractivity contribution is 5.91. The number of nitrogens with one attached hydrogen (secondary N) is 2. The predicted octanol–water partition coefficient (Wildman–Crippen LogP) is 2.85. The van der Waals surface area contributed by atoms with E-state index in [0.29, 0.717) is 12.5 Å². The highest BCUT2D eigenvalue weighted by atomic mass is 16.2. The van der Waals surface area contributed by atoms with Crippen molar-refractivity contribution in [1.29, 1.82) is 0 Å². The molecular weight excluding hydrogens is 284 g/mol. The molecule has 0 saturated carbocycles. The summed E-state index contributed by atoms with van der Waals surface area (Å²) in [5.41, 5.74) is 3.42. The van der Waals surface area contributed by atoms with Gasteiger partial charge >= 0.3 is 0 Å². The van der Waals surface area contributed by atoms with Gasteiger partial charge in [0.1, 0.15) is 6.54 Å². The Labute approximate surface area is 139 Å². The van der Waals surface area contributed by atoms with Gasteiger partial charge in [0, 0.05) is 11.3 Å². The zero-order chi connectivity index (χ0) is 16.7. The van der Waals surface area contributed by atoms with Crippen LogP contribution in [0.5, 0.6) is 0 Å². The second-order valence-corrected chi connectivity index (χ2v) is 6.27. The van der Waals surface area contributed by atoms with Gasteiger partial charge in [-0.3, -0.25) is 4.79 Å². The van der Waals surface area contributed by atoms with Crippen LogP contribution in [0.15, 0.2) is 54.6 Å². The second-order valence-electron chi connectivity index (χ2n) is 6.27. The van der Waals surface area contributed by atoms with Crippen molar-refractivity contribution in [2.45, 2.75) is 33.2 Å². The predicted molar refractivity (Wildman–Crippen MR) is 95.7 cm³/mol. The number of carbonyl (C=O) groups excluding carboxylic acids is 1. The Bertz CT molecular complexity index is 605. The van der Waals surface area contributed by atoms with Crippen LogP contribution in [0.25, 0.3) is 0 Å². The number of carbonyl (C=O) groups is 1. The molecule has 0 aliphatic rings. The summed E-state index contributed by atoms with van der Waals surface area (Å²) >= 11 is 0. The van der Waals surface area contributed by atoms with Gasteiger partial charge in [0.05, 0.1) is 6.54 Å². The van der Waals surface area contributed by atoms with E-state index in [4.69, 9.17) is 0 Å². The maximum atomic E-state index is 12.3. The molecule has 0 aliphatic heterocycles. The number of likely N-dealkylation sites (N-methyl/N-ethyl adjacent to an activating group) is 1. The molecule has 23 heavy (non-hydrogen) atoms. The normalized spacial score (nSPS) is 12.2. The Morgan fingerprint density at radius 1 is 1.04 bits per heavy atom. The fourth-order valence-corrected chi connectivity index (χ4v) is 2.58. The van der Waals surface area contributed by atoms with E-state index in [1.165, 1.54) is 16.0 Å². The average Bonchev–Trinajstić information content (AvgIpc) is 2.55. The molecule has 3 nitrogen and oxygen atoms in total. The molecule has 2 aromatic rings. The standard InChI is InChI=1S/C20H26N2O/c1-4-22(14-17-8-6-5-7-9-17)15-20(23)21-19-12-10-18(11-13-19)16(2)3/h5-13,16H,4,14-15H2,1-3H3,(H,21,23)/p+1. The molecule has 0 fully saturated rings. The lowest BCUT2D eigenvalue weighted by Crippen LogP contribution is -3.11. The van der Waals surface area contributed by atoms with Crippen LogP contribution in [0.1, 0.15) is 37.8 Å². The number of benzene rings is 2. The van der Waals surface area contributed by atoms with Gasteiger partial charge in [-0.1, -0.05) is 56.3 Å². The molecule has 1 unspecified atom stereocenters. The third kappa shape index (κ3) is 5.53. The maximum absolute atomic E-state index is 12.3. The minimum absolute atomic E-state index is 0.0649. The van der Waals surface area contributed by atoms with Crippen LogP contribution < -0.4 is 10.2 Å². The van der Waals surface area contributed by atoms with Crippen LogP contribution in [-0.4, -0.2) is 19.0 Å². The van der Waals surface area contributed by atoms with Gasteiger partial charge in [0.25, 0.3) is 5.91 Å². The highest BCUT2D eigenvalue weighted by Gasteiger charge is 2.13. The van der Waals surface area contributed by atoms with E-state index in [9.17, 15) is 4.79 Å². The van der Waals surface area contributed by atoms with Crippen molar-refractivity contribution < 1.29 is 9.69 Å². The van der Waals surface area contributed by atoms with Gasteiger partial charge in [-0.05, 0) is 30.5 Å². The first-order chi connectivity index (χ1) is 11.1. The fraction of sp³-hybridized carbons (Fsp3) is 0.350. The third-order valence-electron chi connectivity index (χ3n) is 4.07. The van der Waals surface area contributed by atoms with Crippen LogP contribution >= 0.6 is 0 Å². The van der Waals surface area contributed by atoms with Gasteiger partial charge < -0.3 is 10.2 Å². The molecule has 122 valence electrons. The molecule has 0 aliphatic carbocycles. The summed E-state index contributed by atoms with van der Waals surface area (Å²) in [6.45, 7) is 8.73. The van der Waals surface area contributed by atoms with Crippen molar-refractivity contribution in [1.82, 2.24) is 0 Å². The van der Waals surface area contributed by atoms with Crippen molar-refractivity contribution in [2.75, 3.05) is 18.4 Å². The fourth-order valence-electron chi connectivity index (χ4n) is 2.58. The van der Waals surface area contributed by atoms with Crippen molar-refractivity contribution in [3.8, 4) is 0 Å². The number of rotatable bonds is 7. The quantitative estimate of drug-likeness (QED) is 0.810. The summed E-state index contributed by atoms with van der Waals surface area (Å²) in [5, 5.41) is 3.00. The Morgan fingerprint density at radius 2 is 1.70 bits per heavy atom. The molecule has 2 rings (SSSR count). The summed E-state index contributed by atoms with van der Waals surface area (Å²) in [5.74, 6) is 0.570. The van der Waals surface area contributed by atoms with E-state index in [-0.39, 0.29) is 5.91 Å². The SMILES string of the molecule is CC[NH+](CC(=O)Nc1ccc(C(C)C)cc1)Cc1ccccc1. The molecule has 0 bridgehead atoms. The molecular formula is C20H27N2O+. The van der Waals surface area contributed by atoms with E-state index in [1.54, 1.807) is 0 Å². The van der Waals surface area contributed by atoms with E-state index < -0.39 is 0 Å². The molecule has 0 spiro atoms. The average molecular weight is 311 g/mol. The van der Waals surface area contributed by atoms with E-state index in [1.807, 2.05) is 30.3 Å². The lowest BCUT2D eigenvalue weighted by atomic mass is 10.0. The highest BCUT2D eigenvalue weighted by Crippen LogP contribution is 2.16. The lowest BCUT2D eigenvalue weighted by Gasteiger charge is -2.17. The third-order valence-corrected chi connectivity index (χ3v) is 4.07. The summed E-state index contributed by atoms with van der Waals surface area (Å²) in [7, 11) is 0. The Balaban J connectivity index is 1.89. The second kappa shape index (κ2) is 8.49. The molecule has 0 radical (unpaired) electrons. The van der Waals surface area contributed by atoms with Crippen LogP contribution in [-0.2, 0) is 11.3 Å². The van der Waals surface area contributed by atoms with Gasteiger partial charge in [-0.15, -0.1) is 0 Å². The molecule has 3 heteroatoms. The number of quaternary nitrogens is 1. The molecule has 2 N–H and O–H groups in total. The largest absolute Gasteiger partial charge is 0.324 e. The van der Waals surface area contributed by atoms with E-state index in [2.05, 4.69) is 50.4 Å².